The van der Waals surface area contributed by atoms with Crippen LogP contribution < -0.4 is 5.56 Å². The Balaban J connectivity index is 3.03. The maximum absolute atomic E-state index is 12.0. The Labute approximate surface area is 89.2 Å². The molecule has 0 N–H and O–H groups in total. The molecule has 0 spiro atoms. The molecule has 0 aliphatic rings. The largest absolute Gasteiger partial charge is 0.318 e. The van der Waals surface area contributed by atoms with Crippen LogP contribution in [0.5, 0.6) is 0 Å². The van der Waals surface area contributed by atoms with E-state index < -0.39 is 0 Å². The van der Waals surface area contributed by atoms with E-state index in [-0.39, 0.29) is 5.56 Å². The number of aromatic nitrogens is 1. The SMILES string of the molecule is CCc1cn(C)c(=O)c2c(C)cccc12. The molecular formula is C13H15NO. The molecule has 0 fully saturated rings. The normalized spacial score (nSPS) is 10.9. The zero-order chi connectivity index (χ0) is 11.0. The Kier molecular flexibility index (Phi) is 2.35. The van der Waals surface area contributed by atoms with E-state index in [1.54, 1.807) is 4.57 Å². The molecular weight excluding hydrogens is 186 g/mol. The number of hydrogen-bond donors (Lipinski definition) is 0. The van der Waals surface area contributed by atoms with Crippen LogP contribution in [0.2, 0.25) is 0 Å². The highest BCUT2D eigenvalue weighted by Gasteiger charge is 2.07. The highest BCUT2D eigenvalue weighted by Crippen LogP contribution is 2.18. The van der Waals surface area contributed by atoms with Gasteiger partial charge in [0.1, 0.15) is 0 Å². The Bertz CT molecular complexity index is 566. The van der Waals surface area contributed by atoms with E-state index in [1.165, 1.54) is 5.56 Å². The van der Waals surface area contributed by atoms with Crippen LogP contribution >= 0.6 is 0 Å². The lowest BCUT2D eigenvalue weighted by atomic mass is 10.0. The predicted octanol–water partition coefficient (Wildman–Crippen LogP) is 2.41. The molecule has 0 atom stereocenters. The van der Waals surface area contributed by atoms with Gasteiger partial charge in [-0.15, -0.1) is 0 Å². The van der Waals surface area contributed by atoms with E-state index in [9.17, 15) is 4.79 Å². The maximum atomic E-state index is 12.0. The van der Waals surface area contributed by atoms with Crippen molar-refractivity contribution in [1.29, 1.82) is 0 Å². The number of benzene rings is 1. The van der Waals surface area contributed by atoms with Crippen LogP contribution in [0, 0.1) is 6.92 Å². The smallest absolute Gasteiger partial charge is 0.258 e. The number of pyridine rings is 1. The molecule has 15 heavy (non-hydrogen) atoms. The van der Waals surface area contributed by atoms with E-state index >= 15 is 0 Å². The van der Waals surface area contributed by atoms with Crippen molar-refractivity contribution in [2.75, 3.05) is 0 Å². The van der Waals surface area contributed by atoms with Crippen LogP contribution in [0.15, 0.2) is 29.2 Å². The molecule has 1 heterocycles. The van der Waals surface area contributed by atoms with Gasteiger partial charge < -0.3 is 4.57 Å². The van der Waals surface area contributed by atoms with Gasteiger partial charge in [-0.25, -0.2) is 0 Å². The summed E-state index contributed by atoms with van der Waals surface area (Å²) in [5.41, 5.74) is 2.39. The minimum atomic E-state index is 0.0975. The van der Waals surface area contributed by atoms with Crippen LogP contribution in [0.3, 0.4) is 0 Å². The lowest BCUT2D eigenvalue weighted by molar-refractivity contribution is 0.856. The Hall–Kier alpha value is -1.57. The van der Waals surface area contributed by atoms with Gasteiger partial charge in [-0.3, -0.25) is 4.79 Å². The second kappa shape index (κ2) is 3.54. The molecule has 1 aromatic carbocycles. The van der Waals surface area contributed by atoms with Crippen LogP contribution in [-0.4, -0.2) is 4.57 Å². The van der Waals surface area contributed by atoms with Crippen LogP contribution in [0.4, 0.5) is 0 Å². The van der Waals surface area contributed by atoms with Crippen molar-refractivity contribution in [3.05, 3.63) is 45.9 Å². The second-order valence-corrected chi connectivity index (χ2v) is 3.92. The summed E-state index contributed by atoms with van der Waals surface area (Å²) in [4.78, 5) is 12.0. The second-order valence-electron chi connectivity index (χ2n) is 3.92. The summed E-state index contributed by atoms with van der Waals surface area (Å²) >= 11 is 0. The van der Waals surface area contributed by atoms with E-state index in [4.69, 9.17) is 0 Å². The Morgan fingerprint density at radius 3 is 2.73 bits per heavy atom. The highest BCUT2D eigenvalue weighted by atomic mass is 16.1. The molecule has 1 aromatic heterocycles. The zero-order valence-electron chi connectivity index (χ0n) is 9.37. The van der Waals surface area contributed by atoms with Gasteiger partial charge in [-0.1, -0.05) is 25.1 Å². The third kappa shape index (κ3) is 1.46. The average Bonchev–Trinajstić information content (AvgIpc) is 2.23. The van der Waals surface area contributed by atoms with Gasteiger partial charge in [-0.05, 0) is 29.9 Å². The molecule has 2 heteroatoms. The fourth-order valence-corrected chi connectivity index (χ4v) is 2.04. The highest BCUT2D eigenvalue weighted by molar-refractivity contribution is 5.87. The van der Waals surface area contributed by atoms with Crippen molar-refractivity contribution >= 4 is 10.8 Å². The third-order valence-electron chi connectivity index (χ3n) is 2.88. The third-order valence-corrected chi connectivity index (χ3v) is 2.88. The number of fused-ring (bicyclic) bond motifs is 1. The van der Waals surface area contributed by atoms with Gasteiger partial charge in [0.2, 0.25) is 0 Å². The maximum Gasteiger partial charge on any atom is 0.258 e. The van der Waals surface area contributed by atoms with Gasteiger partial charge in [0, 0.05) is 13.2 Å². The van der Waals surface area contributed by atoms with Crippen molar-refractivity contribution < 1.29 is 0 Å². The first-order chi connectivity index (χ1) is 7.15. The average molecular weight is 201 g/mol. The summed E-state index contributed by atoms with van der Waals surface area (Å²) in [5, 5.41) is 1.96. The number of rotatable bonds is 1. The number of nitrogens with zero attached hydrogens (tertiary/aromatic N) is 1. The fraction of sp³-hybridized carbons (Fsp3) is 0.308. The van der Waals surface area contributed by atoms with E-state index in [0.29, 0.717) is 0 Å². The first-order valence-corrected chi connectivity index (χ1v) is 5.23. The Morgan fingerprint density at radius 1 is 1.33 bits per heavy atom. The van der Waals surface area contributed by atoms with E-state index in [1.807, 2.05) is 38.4 Å². The molecule has 2 nitrogen and oxygen atoms in total. The quantitative estimate of drug-likeness (QED) is 0.694. The monoisotopic (exact) mass is 201 g/mol. The minimum absolute atomic E-state index is 0.0975. The molecule has 0 aliphatic heterocycles. The number of aryl methyl sites for hydroxylation is 3. The zero-order valence-corrected chi connectivity index (χ0v) is 9.37. The summed E-state index contributed by atoms with van der Waals surface area (Å²) in [6.07, 6.45) is 2.89. The van der Waals surface area contributed by atoms with Crippen molar-refractivity contribution in [1.82, 2.24) is 4.57 Å². The van der Waals surface area contributed by atoms with Gasteiger partial charge >= 0.3 is 0 Å². The molecule has 78 valence electrons. The molecule has 0 unspecified atom stereocenters. The summed E-state index contributed by atoms with van der Waals surface area (Å²) < 4.78 is 1.67. The summed E-state index contributed by atoms with van der Waals surface area (Å²) in [6, 6.07) is 6.03. The van der Waals surface area contributed by atoms with E-state index in [0.717, 1.165) is 22.8 Å². The van der Waals surface area contributed by atoms with Crippen LogP contribution in [0.25, 0.3) is 10.8 Å². The standard InChI is InChI=1S/C13H15NO/c1-4-10-8-14(3)13(15)12-9(2)6-5-7-11(10)12/h5-8H,4H2,1-3H3. The molecule has 0 radical (unpaired) electrons. The van der Waals surface area contributed by atoms with Gasteiger partial charge in [0.15, 0.2) is 0 Å². The van der Waals surface area contributed by atoms with Gasteiger partial charge in [0.25, 0.3) is 5.56 Å². The molecule has 0 amide bonds. The fourth-order valence-electron chi connectivity index (χ4n) is 2.04. The van der Waals surface area contributed by atoms with Crippen molar-refractivity contribution in [2.45, 2.75) is 20.3 Å². The molecule has 0 aliphatic carbocycles. The molecule has 2 rings (SSSR count). The van der Waals surface area contributed by atoms with Crippen molar-refractivity contribution in [3.8, 4) is 0 Å². The van der Waals surface area contributed by atoms with Crippen LogP contribution in [-0.2, 0) is 13.5 Å². The molecule has 0 saturated carbocycles. The van der Waals surface area contributed by atoms with E-state index in [2.05, 4.69) is 6.92 Å². The predicted molar refractivity (Wildman–Crippen MR) is 63.3 cm³/mol. The summed E-state index contributed by atoms with van der Waals surface area (Å²) in [7, 11) is 1.81. The first kappa shape index (κ1) is 9.97. The minimum Gasteiger partial charge on any atom is -0.318 e. The molecule has 0 saturated heterocycles. The lowest BCUT2D eigenvalue weighted by Crippen LogP contribution is -2.18. The molecule has 0 bridgehead atoms. The summed E-state index contributed by atoms with van der Waals surface area (Å²) in [5.74, 6) is 0. The molecule has 2 aromatic rings. The topological polar surface area (TPSA) is 22.0 Å². The lowest BCUT2D eigenvalue weighted by Gasteiger charge is -2.08. The van der Waals surface area contributed by atoms with Crippen molar-refractivity contribution in [2.24, 2.45) is 7.05 Å². The number of hydrogen-bond acceptors (Lipinski definition) is 1. The van der Waals surface area contributed by atoms with Gasteiger partial charge in [-0.2, -0.15) is 0 Å². The van der Waals surface area contributed by atoms with Crippen LogP contribution in [0.1, 0.15) is 18.1 Å². The summed E-state index contributed by atoms with van der Waals surface area (Å²) in [6.45, 7) is 4.10. The Morgan fingerprint density at radius 2 is 2.07 bits per heavy atom. The van der Waals surface area contributed by atoms with Crippen molar-refractivity contribution in [3.63, 3.8) is 0 Å². The first-order valence-electron chi connectivity index (χ1n) is 5.23. The van der Waals surface area contributed by atoms with Gasteiger partial charge in [0.05, 0.1) is 5.39 Å².